The van der Waals surface area contributed by atoms with Crippen molar-refractivity contribution in [3.63, 3.8) is 0 Å². The van der Waals surface area contributed by atoms with Gasteiger partial charge in [-0.25, -0.2) is 15.0 Å². The Hall–Kier alpha value is -9.28. The highest BCUT2D eigenvalue weighted by molar-refractivity contribution is 7.19. The maximum absolute atomic E-state index is 9.88. The van der Waals surface area contributed by atoms with Gasteiger partial charge in [-0.05, 0) is 79.4 Å². The molecule has 0 unspecified atom stereocenters. The summed E-state index contributed by atoms with van der Waals surface area (Å²) in [7, 11) is -2.84. The Bertz CT molecular complexity index is 3730. The lowest BCUT2D eigenvalue weighted by atomic mass is 10.0. The molecule has 12 aromatic rings. The van der Waals surface area contributed by atoms with Gasteiger partial charge in [-0.3, -0.25) is 0 Å². The van der Waals surface area contributed by atoms with E-state index >= 15 is 0 Å². The molecule has 328 valence electrons. The van der Waals surface area contributed by atoms with E-state index in [9.17, 15) is 5.26 Å². The largest absolute Gasteiger partial charge is 0.308 e. The summed E-state index contributed by atoms with van der Waals surface area (Å²) < 4.78 is 2.37. The van der Waals surface area contributed by atoms with Gasteiger partial charge in [0.25, 0.3) is 0 Å². The molecule has 0 bridgehead atoms. The smallest absolute Gasteiger partial charge is 0.179 e. The first-order valence-corrected chi connectivity index (χ1v) is 25.5. The summed E-state index contributed by atoms with van der Waals surface area (Å²) in [5.74, 6) is 1.76. The second kappa shape index (κ2) is 18.1. The fraction of sp³-hybridized carbons (Fsp3) is 0. The summed E-state index contributed by atoms with van der Waals surface area (Å²) in [6, 6.07) is 94.7. The van der Waals surface area contributed by atoms with E-state index in [4.69, 9.17) is 15.0 Å². The summed E-state index contributed by atoms with van der Waals surface area (Å²) >= 11 is 0. The van der Waals surface area contributed by atoms with Crippen LogP contribution in [0, 0.1) is 11.3 Å². The Morgan fingerprint density at radius 3 is 1.37 bits per heavy atom. The first-order valence-electron chi connectivity index (χ1n) is 23.5. The first kappa shape index (κ1) is 42.1. The number of hydrogen-bond acceptors (Lipinski definition) is 4. The third-order valence-electron chi connectivity index (χ3n) is 13.4. The number of hydrogen-bond donors (Lipinski definition) is 0. The van der Waals surface area contributed by atoms with Crippen molar-refractivity contribution in [1.82, 2.24) is 19.5 Å². The summed E-state index contributed by atoms with van der Waals surface area (Å²) in [4.78, 5) is 15.7. The van der Waals surface area contributed by atoms with Gasteiger partial charge in [-0.1, -0.05) is 224 Å². The molecule has 0 N–H and O–H groups in total. The van der Waals surface area contributed by atoms with E-state index < -0.39 is 8.07 Å². The Morgan fingerprint density at radius 1 is 0.329 bits per heavy atom. The van der Waals surface area contributed by atoms with E-state index in [-0.39, 0.29) is 0 Å². The number of nitriles is 1. The minimum Gasteiger partial charge on any atom is -0.308 e. The average molecular weight is 910 g/mol. The van der Waals surface area contributed by atoms with Crippen LogP contribution < -0.4 is 20.7 Å². The van der Waals surface area contributed by atoms with Crippen LogP contribution in [-0.2, 0) is 0 Å². The van der Waals surface area contributed by atoms with Gasteiger partial charge < -0.3 is 4.57 Å². The van der Waals surface area contributed by atoms with E-state index in [0.717, 1.165) is 66.4 Å². The van der Waals surface area contributed by atoms with Crippen molar-refractivity contribution >= 4 is 50.6 Å². The van der Waals surface area contributed by atoms with E-state index in [0.29, 0.717) is 23.0 Å². The highest BCUT2D eigenvalue weighted by Gasteiger charge is 2.41. The number of rotatable bonds is 10. The molecular formula is C64H43N5Si. The standard InChI is InChI=1S/C64H43N5Si/c65-44-45-20-18-25-48(40-45)50-36-38-57-56-34-16-17-35-59(56)69(60(57)42-50)61-43-51(37-39-58(61)64-67-62(46-21-6-1-7-22-46)66-63(68-64)47-23-8-2-9-24-47)49-26-19-33-55(41-49)70(52-27-10-3-11-28-52,53-29-12-4-13-30-53)54-31-14-5-15-32-54/h1-43H. The van der Waals surface area contributed by atoms with Crippen LogP contribution in [0.15, 0.2) is 261 Å². The van der Waals surface area contributed by atoms with Crippen molar-refractivity contribution in [1.29, 1.82) is 5.26 Å². The van der Waals surface area contributed by atoms with Crippen LogP contribution in [0.2, 0.25) is 0 Å². The molecule has 2 aromatic heterocycles. The zero-order valence-corrected chi connectivity index (χ0v) is 39.1. The van der Waals surface area contributed by atoms with Crippen molar-refractivity contribution in [3.05, 3.63) is 266 Å². The molecule has 0 atom stereocenters. The van der Waals surface area contributed by atoms with Crippen molar-refractivity contribution < 1.29 is 0 Å². The van der Waals surface area contributed by atoms with Gasteiger partial charge in [0.1, 0.15) is 0 Å². The molecule has 0 aliphatic rings. The lowest BCUT2D eigenvalue weighted by molar-refractivity contribution is 1.06. The Morgan fingerprint density at radius 2 is 0.771 bits per heavy atom. The molecule has 6 heteroatoms. The summed E-state index contributed by atoms with van der Waals surface area (Å²) in [6.45, 7) is 0. The quantitative estimate of drug-likeness (QED) is 0.101. The molecule has 0 aliphatic carbocycles. The number of nitrogens with zero attached hydrogens (tertiary/aromatic N) is 5. The lowest BCUT2D eigenvalue weighted by Crippen LogP contribution is -2.74. The molecular weight excluding hydrogens is 867 g/mol. The van der Waals surface area contributed by atoms with Gasteiger partial charge in [0.15, 0.2) is 25.5 Å². The molecule has 2 heterocycles. The SMILES string of the molecule is N#Cc1cccc(-c2ccc3c4ccccc4n(-c4cc(-c5cccc([Si](c6ccccc6)(c6ccccc6)c6ccccc6)c5)ccc4-c4nc(-c5ccccc5)nc(-c5ccccc5)n4)c3c2)c1. The predicted molar refractivity (Wildman–Crippen MR) is 290 cm³/mol. The van der Waals surface area contributed by atoms with Gasteiger partial charge >= 0.3 is 0 Å². The maximum atomic E-state index is 9.88. The Kier molecular flexibility index (Phi) is 10.9. The third kappa shape index (κ3) is 7.48. The topological polar surface area (TPSA) is 67.4 Å². The van der Waals surface area contributed by atoms with Crippen LogP contribution in [-0.4, -0.2) is 27.6 Å². The van der Waals surface area contributed by atoms with E-state index in [1.54, 1.807) is 0 Å². The molecule has 10 aromatic carbocycles. The van der Waals surface area contributed by atoms with Crippen LogP contribution >= 0.6 is 0 Å². The minimum absolute atomic E-state index is 0.565. The fourth-order valence-electron chi connectivity index (χ4n) is 10.2. The fourth-order valence-corrected chi connectivity index (χ4v) is 15.0. The van der Waals surface area contributed by atoms with Crippen LogP contribution in [0.3, 0.4) is 0 Å². The third-order valence-corrected chi connectivity index (χ3v) is 18.2. The number of aromatic nitrogens is 4. The van der Waals surface area contributed by atoms with Gasteiger partial charge in [0.05, 0.1) is 28.4 Å². The van der Waals surface area contributed by atoms with Gasteiger partial charge in [0.2, 0.25) is 0 Å². The Labute approximate surface area is 408 Å². The molecule has 0 aliphatic heterocycles. The second-order valence-corrected chi connectivity index (χ2v) is 21.3. The molecule has 12 rings (SSSR count). The Balaban J connectivity index is 1.14. The van der Waals surface area contributed by atoms with Crippen LogP contribution in [0.25, 0.3) is 83.9 Å². The molecule has 70 heavy (non-hydrogen) atoms. The number of benzene rings is 10. The van der Waals surface area contributed by atoms with Crippen molar-refractivity contribution in [2.24, 2.45) is 0 Å². The molecule has 0 radical (unpaired) electrons. The van der Waals surface area contributed by atoms with E-state index in [1.165, 1.54) is 20.7 Å². The predicted octanol–water partition coefficient (Wildman–Crippen LogP) is 12.6. The van der Waals surface area contributed by atoms with Crippen LogP contribution in [0.1, 0.15) is 5.56 Å². The monoisotopic (exact) mass is 909 g/mol. The summed E-state index contributed by atoms with van der Waals surface area (Å²) in [6.07, 6.45) is 0. The highest BCUT2D eigenvalue weighted by Crippen LogP contribution is 2.40. The van der Waals surface area contributed by atoms with Crippen molar-refractivity contribution in [2.45, 2.75) is 0 Å². The summed E-state index contributed by atoms with van der Waals surface area (Å²) in [5, 5.41) is 17.4. The number of fused-ring (bicyclic) bond motifs is 3. The number of para-hydroxylation sites is 1. The zero-order valence-electron chi connectivity index (χ0n) is 38.1. The van der Waals surface area contributed by atoms with Crippen molar-refractivity contribution in [3.8, 4) is 68.2 Å². The lowest BCUT2D eigenvalue weighted by Gasteiger charge is -2.34. The maximum Gasteiger partial charge on any atom is 0.179 e. The van der Waals surface area contributed by atoms with Crippen molar-refractivity contribution in [2.75, 3.05) is 0 Å². The first-order chi connectivity index (χ1) is 34.7. The second-order valence-electron chi connectivity index (χ2n) is 17.5. The van der Waals surface area contributed by atoms with E-state index in [2.05, 4.69) is 193 Å². The highest BCUT2D eigenvalue weighted by atomic mass is 28.3. The molecule has 0 amide bonds. The molecule has 0 saturated heterocycles. The van der Waals surface area contributed by atoms with Gasteiger partial charge in [-0.15, -0.1) is 0 Å². The molecule has 0 spiro atoms. The van der Waals surface area contributed by atoms with Gasteiger partial charge in [0, 0.05) is 27.5 Å². The summed E-state index contributed by atoms with van der Waals surface area (Å²) in [5.41, 5.74) is 10.4. The van der Waals surface area contributed by atoms with Gasteiger partial charge in [-0.2, -0.15) is 5.26 Å². The minimum atomic E-state index is -2.84. The molecule has 5 nitrogen and oxygen atoms in total. The average Bonchev–Trinajstić information content (AvgIpc) is 3.78. The normalized spacial score (nSPS) is 11.4. The molecule has 0 saturated carbocycles. The van der Waals surface area contributed by atoms with E-state index in [1.807, 2.05) is 78.9 Å². The van der Waals surface area contributed by atoms with Crippen LogP contribution in [0.5, 0.6) is 0 Å². The molecule has 0 fully saturated rings. The van der Waals surface area contributed by atoms with Crippen LogP contribution in [0.4, 0.5) is 0 Å². The zero-order chi connectivity index (χ0) is 46.9.